The van der Waals surface area contributed by atoms with Crippen LogP contribution >= 0.6 is 23.2 Å². The lowest BCUT2D eigenvalue weighted by atomic mass is 10.1. The molecular formula is C15H18Cl2N2. The lowest BCUT2D eigenvalue weighted by molar-refractivity contribution is 0.473. The zero-order chi connectivity index (χ0) is 13.4. The third-order valence-corrected chi connectivity index (χ3v) is 4.37. The predicted octanol–water partition coefficient (Wildman–Crippen LogP) is 4.83. The Bertz CT molecular complexity index is 587. The normalized spacial score (nSPS) is 17.0. The number of hydrogen-bond acceptors (Lipinski definition) is 1. The molecule has 102 valence electrons. The van der Waals surface area contributed by atoms with Crippen LogP contribution in [0.4, 0.5) is 0 Å². The highest BCUT2D eigenvalue weighted by Crippen LogP contribution is 2.38. The first kappa shape index (κ1) is 13.3. The highest BCUT2D eigenvalue weighted by Gasteiger charge is 2.26. The zero-order valence-electron chi connectivity index (χ0n) is 11.1. The van der Waals surface area contributed by atoms with E-state index >= 15 is 0 Å². The molecule has 19 heavy (non-hydrogen) atoms. The van der Waals surface area contributed by atoms with Crippen LogP contribution in [0.25, 0.3) is 11.0 Å². The van der Waals surface area contributed by atoms with Crippen molar-refractivity contribution in [1.29, 1.82) is 0 Å². The number of benzene rings is 1. The molecule has 1 unspecified atom stereocenters. The lowest BCUT2D eigenvalue weighted by Crippen LogP contribution is -2.10. The van der Waals surface area contributed by atoms with Crippen LogP contribution < -0.4 is 0 Å². The highest BCUT2D eigenvalue weighted by molar-refractivity contribution is 6.34. The molecule has 1 atom stereocenters. The van der Waals surface area contributed by atoms with Gasteiger partial charge in [-0.2, -0.15) is 0 Å². The summed E-state index contributed by atoms with van der Waals surface area (Å²) in [4.78, 5) is 4.70. The van der Waals surface area contributed by atoms with Gasteiger partial charge in [0.2, 0.25) is 0 Å². The third-order valence-electron chi connectivity index (χ3n) is 3.87. The summed E-state index contributed by atoms with van der Waals surface area (Å²) in [6.45, 7) is 2.28. The van der Waals surface area contributed by atoms with Gasteiger partial charge in [0.25, 0.3) is 0 Å². The molecule has 1 aromatic heterocycles. The predicted molar refractivity (Wildman–Crippen MR) is 81.2 cm³/mol. The van der Waals surface area contributed by atoms with E-state index in [0.29, 0.717) is 11.9 Å². The minimum Gasteiger partial charge on any atom is -0.325 e. The molecule has 0 radical (unpaired) electrons. The van der Waals surface area contributed by atoms with E-state index in [-0.39, 0.29) is 0 Å². The fraction of sp³-hybridized carbons (Fsp3) is 0.533. The first-order valence-corrected chi connectivity index (χ1v) is 7.83. The molecule has 1 aliphatic carbocycles. The van der Waals surface area contributed by atoms with Crippen molar-refractivity contribution in [2.24, 2.45) is 5.92 Å². The molecule has 3 rings (SSSR count). The fourth-order valence-corrected chi connectivity index (χ4v) is 3.21. The van der Waals surface area contributed by atoms with Gasteiger partial charge in [0.05, 0.1) is 10.5 Å². The lowest BCUT2D eigenvalue weighted by Gasteiger charge is -2.17. The quantitative estimate of drug-likeness (QED) is 0.723. The summed E-state index contributed by atoms with van der Waals surface area (Å²) in [5.74, 6) is 2.55. The molecule has 1 fully saturated rings. The van der Waals surface area contributed by atoms with E-state index in [2.05, 4.69) is 17.6 Å². The van der Waals surface area contributed by atoms with Gasteiger partial charge in [-0.3, -0.25) is 0 Å². The van der Waals surface area contributed by atoms with Gasteiger partial charge in [0.1, 0.15) is 11.3 Å². The Balaban J connectivity index is 2.07. The number of hydrogen-bond donors (Lipinski definition) is 0. The smallest absolute Gasteiger partial charge is 0.111 e. The van der Waals surface area contributed by atoms with E-state index in [4.69, 9.17) is 28.2 Å². The van der Waals surface area contributed by atoms with Crippen molar-refractivity contribution in [3.8, 4) is 0 Å². The summed E-state index contributed by atoms with van der Waals surface area (Å²) in [6.07, 6.45) is 4.78. The van der Waals surface area contributed by atoms with E-state index in [9.17, 15) is 0 Å². The van der Waals surface area contributed by atoms with Crippen LogP contribution in [-0.4, -0.2) is 15.4 Å². The topological polar surface area (TPSA) is 17.8 Å². The highest BCUT2D eigenvalue weighted by atomic mass is 35.5. The van der Waals surface area contributed by atoms with Crippen LogP contribution in [0.2, 0.25) is 5.02 Å². The Kier molecular flexibility index (Phi) is 3.72. The summed E-state index contributed by atoms with van der Waals surface area (Å²) in [7, 11) is 0. The van der Waals surface area contributed by atoms with Gasteiger partial charge in [0, 0.05) is 18.3 Å². The van der Waals surface area contributed by atoms with Crippen LogP contribution in [0, 0.1) is 5.92 Å². The molecule has 2 aromatic rings. The van der Waals surface area contributed by atoms with E-state index in [1.807, 2.05) is 12.1 Å². The van der Waals surface area contributed by atoms with Gasteiger partial charge in [-0.1, -0.05) is 30.5 Å². The molecule has 0 amide bonds. The van der Waals surface area contributed by atoms with Gasteiger partial charge in [-0.15, -0.1) is 11.6 Å². The van der Waals surface area contributed by atoms with Crippen molar-refractivity contribution >= 4 is 34.2 Å². The maximum absolute atomic E-state index is 6.26. The number of alkyl halides is 1. The van der Waals surface area contributed by atoms with Gasteiger partial charge in [-0.25, -0.2) is 4.98 Å². The number of nitrogens with zero attached hydrogens (tertiary/aromatic N) is 2. The van der Waals surface area contributed by atoms with Crippen molar-refractivity contribution in [2.75, 3.05) is 5.88 Å². The molecule has 1 aromatic carbocycles. The number of rotatable bonds is 5. The van der Waals surface area contributed by atoms with Crippen LogP contribution in [0.5, 0.6) is 0 Å². The Labute approximate surface area is 123 Å². The zero-order valence-corrected chi connectivity index (χ0v) is 12.6. The fourth-order valence-electron chi connectivity index (χ4n) is 2.83. The first-order chi connectivity index (χ1) is 9.20. The third kappa shape index (κ3) is 2.61. The number of halogens is 2. The molecule has 0 saturated heterocycles. The summed E-state index contributed by atoms with van der Waals surface area (Å²) < 4.78 is 2.34. The summed E-state index contributed by atoms with van der Waals surface area (Å²) >= 11 is 12.2. The second-order valence-corrected chi connectivity index (χ2v) is 6.26. The largest absolute Gasteiger partial charge is 0.325 e. The van der Waals surface area contributed by atoms with Crippen LogP contribution in [0.3, 0.4) is 0 Å². The van der Waals surface area contributed by atoms with Gasteiger partial charge >= 0.3 is 0 Å². The number of para-hydroxylation sites is 1. The minimum absolute atomic E-state index is 0.467. The number of fused-ring (bicyclic) bond motifs is 1. The molecule has 4 heteroatoms. The standard InChI is InChI=1S/C15H18Cl2N2/c1-10(9-11-5-6-11)19-13-4-2-3-12(17)15(13)18-14(19)7-8-16/h2-4,10-11H,5-9H2,1H3. The first-order valence-electron chi connectivity index (χ1n) is 6.92. The Morgan fingerprint density at radius 3 is 2.89 bits per heavy atom. The average Bonchev–Trinajstić information content (AvgIpc) is 3.09. The Hall–Kier alpha value is -0.730. The molecule has 1 heterocycles. The van der Waals surface area contributed by atoms with Crippen molar-refractivity contribution in [1.82, 2.24) is 9.55 Å². The molecule has 0 bridgehead atoms. The SMILES string of the molecule is CC(CC1CC1)n1c(CCCl)nc2c(Cl)cccc21. The van der Waals surface area contributed by atoms with E-state index < -0.39 is 0 Å². The summed E-state index contributed by atoms with van der Waals surface area (Å²) in [5.41, 5.74) is 2.05. The van der Waals surface area contributed by atoms with Crippen molar-refractivity contribution in [2.45, 2.75) is 38.6 Å². The maximum atomic E-state index is 6.26. The molecule has 1 saturated carbocycles. The second-order valence-electron chi connectivity index (χ2n) is 5.47. The molecule has 0 aliphatic heterocycles. The summed E-state index contributed by atoms with van der Waals surface area (Å²) in [5, 5.41) is 0.727. The summed E-state index contributed by atoms with van der Waals surface area (Å²) in [6, 6.07) is 6.47. The molecule has 1 aliphatic rings. The molecule has 0 N–H and O–H groups in total. The minimum atomic E-state index is 0.467. The second kappa shape index (κ2) is 5.34. The Morgan fingerprint density at radius 1 is 1.42 bits per heavy atom. The van der Waals surface area contributed by atoms with E-state index in [0.717, 1.165) is 34.2 Å². The van der Waals surface area contributed by atoms with Crippen LogP contribution in [0.1, 0.15) is 38.1 Å². The number of aromatic nitrogens is 2. The van der Waals surface area contributed by atoms with Crippen LogP contribution in [-0.2, 0) is 6.42 Å². The molecular weight excluding hydrogens is 279 g/mol. The van der Waals surface area contributed by atoms with E-state index in [1.54, 1.807) is 0 Å². The van der Waals surface area contributed by atoms with Gasteiger partial charge in [0.15, 0.2) is 0 Å². The number of aryl methyl sites for hydroxylation is 1. The van der Waals surface area contributed by atoms with E-state index in [1.165, 1.54) is 19.3 Å². The average molecular weight is 297 g/mol. The van der Waals surface area contributed by atoms with Crippen molar-refractivity contribution in [3.63, 3.8) is 0 Å². The maximum Gasteiger partial charge on any atom is 0.111 e. The van der Waals surface area contributed by atoms with Crippen LogP contribution in [0.15, 0.2) is 18.2 Å². The molecule has 0 spiro atoms. The monoisotopic (exact) mass is 296 g/mol. The number of imidazole rings is 1. The van der Waals surface area contributed by atoms with Gasteiger partial charge < -0.3 is 4.57 Å². The van der Waals surface area contributed by atoms with Crippen molar-refractivity contribution in [3.05, 3.63) is 29.0 Å². The van der Waals surface area contributed by atoms with Crippen molar-refractivity contribution < 1.29 is 0 Å². The van der Waals surface area contributed by atoms with Gasteiger partial charge in [-0.05, 0) is 31.4 Å². The Morgan fingerprint density at radius 2 is 2.21 bits per heavy atom. The molecule has 2 nitrogen and oxygen atoms in total.